The summed E-state index contributed by atoms with van der Waals surface area (Å²) in [7, 11) is 0. The van der Waals surface area contributed by atoms with Gasteiger partial charge in [0.25, 0.3) is 0 Å². The van der Waals surface area contributed by atoms with Crippen molar-refractivity contribution in [3.05, 3.63) is 12.4 Å². The molecule has 0 saturated carbocycles. The Morgan fingerprint density at radius 2 is 2.30 bits per heavy atom. The van der Waals surface area contributed by atoms with Crippen molar-refractivity contribution < 1.29 is 4.79 Å². The zero-order chi connectivity index (χ0) is 7.72. The molecule has 10 heavy (non-hydrogen) atoms. The van der Waals surface area contributed by atoms with Crippen LogP contribution >= 0.6 is 0 Å². The van der Waals surface area contributed by atoms with Gasteiger partial charge in [-0.2, -0.15) is 0 Å². The van der Waals surface area contributed by atoms with E-state index in [-0.39, 0.29) is 5.91 Å². The molecule has 1 rings (SSSR count). The summed E-state index contributed by atoms with van der Waals surface area (Å²) in [5, 5.41) is 2.64. The van der Waals surface area contributed by atoms with Gasteiger partial charge < -0.3 is 10.2 Å². The fraction of sp³-hybridized carbons (Fsp3) is 0.571. The Hall–Kier alpha value is -0.990. The standard InChI is InChI=1S/C7H12N2O/c1-5(2)9-4-7(10)8-6(9)3/h5H,3-4H2,1-2H3,(H,8,10). The molecule has 3 heteroatoms. The molecule has 3 nitrogen and oxygen atoms in total. The van der Waals surface area contributed by atoms with Crippen molar-refractivity contribution in [1.82, 2.24) is 10.2 Å². The molecule has 1 amide bonds. The first-order valence-corrected chi connectivity index (χ1v) is 3.36. The van der Waals surface area contributed by atoms with Crippen LogP contribution in [0.4, 0.5) is 0 Å². The van der Waals surface area contributed by atoms with Crippen molar-refractivity contribution in [2.45, 2.75) is 19.9 Å². The topological polar surface area (TPSA) is 32.3 Å². The molecule has 0 bridgehead atoms. The van der Waals surface area contributed by atoms with Crippen LogP contribution in [0.5, 0.6) is 0 Å². The Morgan fingerprint density at radius 3 is 2.50 bits per heavy atom. The largest absolute Gasteiger partial charge is 0.347 e. The third-order valence-electron chi connectivity index (χ3n) is 1.57. The number of hydrogen-bond acceptors (Lipinski definition) is 2. The van der Waals surface area contributed by atoms with Crippen molar-refractivity contribution in [3.63, 3.8) is 0 Å². The molecule has 0 aliphatic carbocycles. The van der Waals surface area contributed by atoms with E-state index in [1.807, 2.05) is 18.7 Å². The summed E-state index contributed by atoms with van der Waals surface area (Å²) in [6, 6.07) is 0.353. The van der Waals surface area contributed by atoms with Gasteiger partial charge in [0.2, 0.25) is 5.91 Å². The highest BCUT2D eigenvalue weighted by Gasteiger charge is 2.23. The van der Waals surface area contributed by atoms with Crippen LogP contribution in [0.25, 0.3) is 0 Å². The second-order valence-corrected chi connectivity index (χ2v) is 2.72. The van der Waals surface area contributed by atoms with Crippen molar-refractivity contribution in [2.75, 3.05) is 6.54 Å². The summed E-state index contributed by atoms with van der Waals surface area (Å²) in [6.07, 6.45) is 0. The maximum absolute atomic E-state index is 10.8. The second-order valence-electron chi connectivity index (χ2n) is 2.72. The predicted molar refractivity (Wildman–Crippen MR) is 39.1 cm³/mol. The van der Waals surface area contributed by atoms with E-state index in [9.17, 15) is 4.79 Å². The first-order chi connectivity index (χ1) is 4.61. The van der Waals surface area contributed by atoms with Gasteiger partial charge in [-0.25, -0.2) is 0 Å². The maximum atomic E-state index is 10.8. The summed E-state index contributed by atoms with van der Waals surface area (Å²) in [6.45, 7) is 8.22. The molecule has 56 valence electrons. The Morgan fingerprint density at radius 1 is 1.70 bits per heavy atom. The van der Waals surface area contributed by atoms with E-state index in [0.29, 0.717) is 12.6 Å². The number of hydrogen-bond donors (Lipinski definition) is 1. The van der Waals surface area contributed by atoms with Crippen LogP contribution in [0.15, 0.2) is 12.4 Å². The van der Waals surface area contributed by atoms with Crippen molar-refractivity contribution in [3.8, 4) is 0 Å². The number of carbonyl (C=O) groups excluding carboxylic acids is 1. The summed E-state index contributed by atoms with van der Waals surface area (Å²) < 4.78 is 0. The summed E-state index contributed by atoms with van der Waals surface area (Å²) >= 11 is 0. The van der Waals surface area contributed by atoms with Gasteiger partial charge in [-0.1, -0.05) is 6.58 Å². The van der Waals surface area contributed by atoms with E-state index in [0.717, 1.165) is 5.82 Å². The number of amides is 1. The molecule has 0 spiro atoms. The smallest absolute Gasteiger partial charge is 0.245 e. The number of rotatable bonds is 1. The van der Waals surface area contributed by atoms with Crippen LogP contribution in [0, 0.1) is 0 Å². The summed E-state index contributed by atoms with van der Waals surface area (Å²) in [4.78, 5) is 12.7. The molecule has 0 atom stereocenters. The lowest BCUT2D eigenvalue weighted by atomic mass is 10.3. The van der Waals surface area contributed by atoms with Gasteiger partial charge in [-0.15, -0.1) is 0 Å². The summed E-state index contributed by atoms with van der Waals surface area (Å²) in [5.74, 6) is 0.763. The van der Waals surface area contributed by atoms with E-state index in [2.05, 4.69) is 11.9 Å². The predicted octanol–water partition coefficient (Wildman–Crippen LogP) is 0.298. The lowest BCUT2D eigenvalue weighted by Gasteiger charge is -2.20. The number of nitrogens with zero attached hydrogens (tertiary/aromatic N) is 1. The molecule has 0 unspecified atom stereocenters. The minimum absolute atomic E-state index is 0.0405. The van der Waals surface area contributed by atoms with E-state index in [1.165, 1.54) is 0 Å². The second kappa shape index (κ2) is 2.33. The minimum atomic E-state index is 0.0405. The van der Waals surface area contributed by atoms with Crippen LogP contribution in [-0.2, 0) is 4.79 Å². The van der Waals surface area contributed by atoms with Crippen molar-refractivity contribution in [2.24, 2.45) is 0 Å². The quantitative estimate of drug-likeness (QED) is 0.568. The fourth-order valence-corrected chi connectivity index (χ4v) is 1.02. The average molecular weight is 140 g/mol. The van der Waals surface area contributed by atoms with Crippen molar-refractivity contribution in [1.29, 1.82) is 0 Å². The van der Waals surface area contributed by atoms with Gasteiger partial charge in [0.05, 0.1) is 6.54 Å². The normalized spacial score (nSPS) is 18.5. The highest BCUT2D eigenvalue weighted by atomic mass is 16.2. The van der Waals surface area contributed by atoms with Crippen LogP contribution in [0.3, 0.4) is 0 Å². The molecule has 1 fully saturated rings. The molecule has 0 aromatic rings. The van der Waals surface area contributed by atoms with E-state index in [4.69, 9.17) is 0 Å². The zero-order valence-electron chi connectivity index (χ0n) is 6.35. The highest BCUT2D eigenvalue weighted by molar-refractivity contribution is 5.82. The van der Waals surface area contributed by atoms with Gasteiger partial charge >= 0.3 is 0 Å². The van der Waals surface area contributed by atoms with E-state index in [1.54, 1.807) is 0 Å². The lowest BCUT2D eigenvalue weighted by molar-refractivity contribution is -0.118. The molecular formula is C7H12N2O. The third kappa shape index (κ3) is 1.12. The molecule has 0 radical (unpaired) electrons. The maximum Gasteiger partial charge on any atom is 0.245 e. The Kier molecular flexibility index (Phi) is 1.66. The molecule has 1 aliphatic heterocycles. The van der Waals surface area contributed by atoms with Gasteiger partial charge in [-0.05, 0) is 13.8 Å². The molecular weight excluding hydrogens is 128 g/mol. The first kappa shape index (κ1) is 7.12. The summed E-state index contributed by atoms with van der Waals surface area (Å²) in [5.41, 5.74) is 0. The van der Waals surface area contributed by atoms with Gasteiger partial charge in [0, 0.05) is 6.04 Å². The number of nitrogens with one attached hydrogen (secondary N) is 1. The Bertz CT molecular complexity index is 174. The van der Waals surface area contributed by atoms with E-state index < -0.39 is 0 Å². The Labute approximate surface area is 60.7 Å². The molecule has 1 saturated heterocycles. The van der Waals surface area contributed by atoms with Crippen LogP contribution in [0.1, 0.15) is 13.8 Å². The van der Waals surface area contributed by atoms with Crippen LogP contribution < -0.4 is 5.32 Å². The van der Waals surface area contributed by atoms with Crippen LogP contribution in [0.2, 0.25) is 0 Å². The fourth-order valence-electron chi connectivity index (χ4n) is 1.02. The molecule has 1 aliphatic rings. The zero-order valence-corrected chi connectivity index (χ0v) is 6.35. The third-order valence-corrected chi connectivity index (χ3v) is 1.57. The average Bonchev–Trinajstić information content (AvgIpc) is 2.10. The van der Waals surface area contributed by atoms with Gasteiger partial charge in [-0.3, -0.25) is 4.79 Å². The molecule has 0 aromatic heterocycles. The monoisotopic (exact) mass is 140 g/mol. The Balaban J connectivity index is 2.63. The van der Waals surface area contributed by atoms with Gasteiger partial charge in [0.1, 0.15) is 5.82 Å². The molecule has 1 heterocycles. The van der Waals surface area contributed by atoms with Crippen molar-refractivity contribution >= 4 is 5.91 Å². The molecule has 0 aromatic carbocycles. The van der Waals surface area contributed by atoms with E-state index >= 15 is 0 Å². The van der Waals surface area contributed by atoms with Gasteiger partial charge in [0.15, 0.2) is 0 Å². The SMILES string of the molecule is C=C1NC(=O)CN1C(C)C. The molecule has 1 N–H and O–H groups in total. The number of carbonyl (C=O) groups is 1. The lowest BCUT2D eigenvalue weighted by Crippen LogP contribution is -2.27. The minimum Gasteiger partial charge on any atom is -0.347 e. The van der Waals surface area contributed by atoms with Crippen LogP contribution in [-0.4, -0.2) is 23.4 Å². The highest BCUT2D eigenvalue weighted by Crippen LogP contribution is 2.09. The first-order valence-electron chi connectivity index (χ1n) is 3.36.